The van der Waals surface area contributed by atoms with Crippen LogP contribution in [0.3, 0.4) is 0 Å². The molecular formula is C20H32N2O3S. The van der Waals surface area contributed by atoms with Crippen LogP contribution in [0, 0.1) is 0 Å². The highest BCUT2D eigenvalue weighted by Crippen LogP contribution is 2.18. The Bertz CT molecular complexity index is 659. The van der Waals surface area contributed by atoms with Crippen LogP contribution in [0.4, 0.5) is 0 Å². The minimum Gasteiger partial charge on any atom is -0.353 e. The van der Waals surface area contributed by atoms with Crippen LogP contribution in [-0.4, -0.2) is 37.8 Å². The number of nitrogens with one attached hydrogen (secondary N) is 1. The van der Waals surface area contributed by atoms with Gasteiger partial charge in [-0.1, -0.05) is 51.7 Å². The number of nitrogens with zero attached hydrogens (tertiary/aromatic N) is 1. The maximum Gasteiger partial charge on any atom is 0.243 e. The van der Waals surface area contributed by atoms with Gasteiger partial charge in [0.15, 0.2) is 0 Å². The fourth-order valence-corrected chi connectivity index (χ4v) is 4.98. The Hall–Kier alpha value is -1.40. The van der Waals surface area contributed by atoms with Gasteiger partial charge in [-0.05, 0) is 37.0 Å². The lowest BCUT2D eigenvalue weighted by Crippen LogP contribution is -2.34. The zero-order valence-electron chi connectivity index (χ0n) is 16.0. The third kappa shape index (κ3) is 5.81. The van der Waals surface area contributed by atoms with Crippen LogP contribution in [0.15, 0.2) is 29.2 Å². The van der Waals surface area contributed by atoms with Gasteiger partial charge in [-0.3, -0.25) is 4.79 Å². The van der Waals surface area contributed by atoms with Crippen molar-refractivity contribution in [3.8, 4) is 0 Å². The Morgan fingerprint density at radius 2 is 1.62 bits per heavy atom. The smallest absolute Gasteiger partial charge is 0.243 e. The first-order chi connectivity index (χ1) is 12.5. The average Bonchev–Trinajstić information content (AvgIpc) is 2.90. The van der Waals surface area contributed by atoms with Gasteiger partial charge in [-0.15, -0.1) is 0 Å². The first kappa shape index (κ1) is 20.9. The number of rotatable bonds is 8. The van der Waals surface area contributed by atoms with Gasteiger partial charge < -0.3 is 5.32 Å². The quantitative estimate of drug-likeness (QED) is 0.702. The lowest BCUT2D eigenvalue weighted by Gasteiger charge is -2.18. The Kier molecular flexibility index (Phi) is 8.10. The van der Waals surface area contributed by atoms with Crippen molar-refractivity contribution < 1.29 is 13.2 Å². The van der Waals surface area contributed by atoms with Gasteiger partial charge in [0.2, 0.25) is 15.9 Å². The number of benzene rings is 1. The molecule has 0 aromatic heterocycles. The summed E-state index contributed by atoms with van der Waals surface area (Å²) in [5, 5.41) is 3.15. The maximum absolute atomic E-state index is 12.5. The Morgan fingerprint density at radius 1 is 1.04 bits per heavy atom. The van der Waals surface area contributed by atoms with Crippen molar-refractivity contribution in [3.05, 3.63) is 29.8 Å². The van der Waals surface area contributed by atoms with Crippen LogP contribution < -0.4 is 5.32 Å². The number of hydrogen-bond donors (Lipinski definition) is 1. The van der Waals surface area contributed by atoms with Crippen molar-refractivity contribution in [1.82, 2.24) is 9.62 Å². The lowest BCUT2D eigenvalue weighted by atomic mass is 10.1. The molecule has 1 aliphatic carbocycles. The van der Waals surface area contributed by atoms with Crippen molar-refractivity contribution >= 4 is 15.9 Å². The number of amides is 1. The number of sulfonamides is 1. The van der Waals surface area contributed by atoms with Gasteiger partial charge in [-0.2, -0.15) is 4.31 Å². The van der Waals surface area contributed by atoms with Gasteiger partial charge in [0.05, 0.1) is 4.90 Å². The molecule has 0 spiro atoms. The second-order valence-corrected chi connectivity index (χ2v) is 8.93. The second kappa shape index (κ2) is 10.1. The van der Waals surface area contributed by atoms with E-state index in [-0.39, 0.29) is 5.91 Å². The highest BCUT2D eigenvalue weighted by atomic mass is 32.2. The molecule has 0 heterocycles. The summed E-state index contributed by atoms with van der Waals surface area (Å²) in [7, 11) is -3.42. The molecule has 1 aromatic carbocycles. The molecule has 1 aliphatic rings. The summed E-state index contributed by atoms with van der Waals surface area (Å²) < 4.78 is 26.4. The highest BCUT2D eigenvalue weighted by molar-refractivity contribution is 7.89. The fraction of sp³-hybridized carbons (Fsp3) is 0.650. The van der Waals surface area contributed by atoms with Gasteiger partial charge in [0, 0.05) is 25.6 Å². The van der Waals surface area contributed by atoms with E-state index in [0.29, 0.717) is 36.9 Å². The monoisotopic (exact) mass is 380 g/mol. The molecule has 26 heavy (non-hydrogen) atoms. The van der Waals surface area contributed by atoms with Gasteiger partial charge in [0.25, 0.3) is 0 Å². The van der Waals surface area contributed by atoms with E-state index >= 15 is 0 Å². The minimum absolute atomic E-state index is 0.0942. The predicted molar refractivity (Wildman–Crippen MR) is 105 cm³/mol. The molecule has 0 unspecified atom stereocenters. The normalized spacial score (nSPS) is 16.4. The summed E-state index contributed by atoms with van der Waals surface area (Å²) in [5.74, 6) is 0.0942. The van der Waals surface area contributed by atoms with E-state index < -0.39 is 10.0 Å². The molecule has 0 radical (unpaired) electrons. The summed E-state index contributed by atoms with van der Waals surface area (Å²) in [6.07, 6.45) is 8.20. The third-order valence-corrected chi connectivity index (χ3v) is 7.19. The predicted octanol–water partition coefficient (Wildman–Crippen LogP) is 3.49. The molecular weight excluding hydrogens is 348 g/mol. The highest BCUT2D eigenvalue weighted by Gasteiger charge is 2.21. The van der Waals surface area contributed by atoms with E-state index in [1.807, 2.05) is 26.0 Å². The average molecular weight is 381 g/mol. The zero-order chi connectivity index (χ0) is 19.0. The van der Waals surface area contributed by atoms with Crippen molar-refractivity contribution in [2.75, 3.05) is 13.1 Å². The number of hydrogen-bond acceptors (Lipinski definition) is 3. The van der Waals surface area contributed by atoms with Crippen molar-refractivity contribution in [3.63, 3.8) is 0 Å². The first-order valence-corrected chi connectivity index (χ1v) is 11.3. The van der Waals surface area contributed by atoms with E-state index in [2.05, 4.69) is 5.32 Å². The van der Waals surface area contributed by atoms with Crippen molar-refractivity contribution in [1.29, 1.82) is 0 Å². The molecule has 0 aliphatic heterocycles. The molecule has 1 aromatic rings. The first-order valence-electron chi connectivity index (χ1n) is 9.85. The molecule has 1 N–H and O–H groups in total. The summed E-state index contributed by atoms with van der Waals surface area (Å²) >= 11 is 0. The molecule has 146 valence electrons. The lowest BCUT2D eigenvalue weighted by molar-refractivity contribution is -0.121. The summed E-state index contributed by atoms with van der Waals surface area (Å²) in [4.78, 5) is 12.5. The molecule has 1 fully saturated rings. The largest absolute Gasteiger partial charge is 0.353 e. The van der Waals surface area contributed by atoms with Crippen molar-refractivity contribution in [2.24, 2.45) is 0 Å². The number of carbonyl (C=O) groups is 1. The van der Waals surface area contributed by atoms with E-state index in [9.17, 15) is 13.2 Å². The minimum atomic E-state index is -3.42. The Morgan fingerprint density at radius 3 is 2.15 bits per heavy atom. The SMILES string of the molecule is CCN(CC)S(=O)(=O)c1ccc(CCC(=O)NC2CCCCCC2)cc1. The van der Waals surface area contributed by atoms with E-state index in [4.69, 9.17) is 0 Å². The zero-order valence-corrected chi connectivity index (χ0v) is 16.9. The van der Waals surface area contributed by atoms with Crippen LogP contribution in [0.2, 0.25) is 0 Å². The van der Waals surface area contributed by atoms with Crippen LogP contribution in [-0.2, 0) is 21.2 Å². The second-order valence-electron chi connectivity index (χ2n) is 6.99. The molecule has 0 atom stereocenters. The third-order valence-electron chi connectivity index (χ3n) is 5.13. The molecule has 1 saturated carbocycles. The van der Waals surface area contributed by atoms with Gasteiger partial charge in [0.1, 0.15) is 0 Å². The molecule has 0 bridgehead atoms. The molecule has 0 saturated heterocycles. The summed E-state index contributed by atoms with van der Waals surface area (Å²) in [6.45, 7) is 4.59. The molecule has 6 heteroatoms. The summed E-state index contributed by atoms with van der Waals surface area (Å²) in [6, 6.07) is 7.25. The van der Waals surface area contributed by atoms with Gasteiger partial charge in [-0.25, -0.2) is 8.42 Å². The van der Waals surface area contributed by atoms with Crippen LogP contribution in [0.1, 0.15) is 64.4 Å². The maximum atomic E-state index is 12.5. The molecule has 2 rings (SSSR count). The number of aryl methyl sites for hydroxylation is 1. The van der Waals surface area contributed by atoms with E-state index in [1.54, 1.807) is 12.1 Å². The van der Waals surface area contributed by atoms with Gasteiger partial charge >= 0.3 is 0 Å². The molecule has 1 amide bonds. The topological polar surface area (TPSA) is 66.5 Å². The van der Waals surface area contributed by atoms with E-state index in [1.165, 1.54) is 30.0 Å². The van der Waals surface area contributed by atoms with Crippen LogP contribution >= 0.6 is 0 Å². The standard InChI is InChI=1S/C20H32N2O3S/c1-3-22(4-2)26(24,25)19-14-11-17(12-15-19)13-16-20(23)21-18-9-7-5-6-8-10-18/h11-12,14-15,18H,3-10,13,16H2,1-2H3,(H,21,23). The van der Waals surface area contributed by atoms with Crippen LogP contribution in [0.25, 0.3) is 0 Å². The van der Waals surface area contributed by atoms with Crippen molar-refractivity contribution in [2.45, 2.75) is 76.2 Å². The van der Waals surface area contributed by atoms with E-state index in [0.717, 1.165) is 18.4 Å². The Labute approximate surface area is 158 Å². The fourth-order valence-electron chi connectivity index (χ4n) is 3.52. The van der Waals surface area contributed by atoms with Crippen LogP contribution in [0.5, 0.6) is 0 Å². The number of carbonyl (C=O) groups excluding carboxylic acids is 1. The summed E-state index contributed by atoms with van der Waals surface area (Å²) in [5.41, 5.74) is 0.986. The molecule has 5 nitrogen and oxygen atoms in total. The Balaban J connectivity index is 1.87.